The highest BCUT2D eigenvalue weighted by Gasteiger charge is 2.42. The maximum absolute atomic E-state index is 13.3. The van der Waals surface area contributed by atoms with Gasteiger partial charge in [-0.25, -0.2) is 4.39 Å². The molecular formula is C24H23FN2O9S3. The van der Waals surface area contributed by atoms with Gasteiger partial charge < -0.3 is 15.1 Å². The highest BCUT2D eigenvalue weighted by molar-refractivity contribution is 8.26. The van der Waals surface area contributed by atoms with E-state index in [1.165, 1.54) is 17.0 Å². The molecule has 2 heterocycles. The zero-order chi connectivity index (χ0) is 29.5. The average molecular weight is 599 g/mol. The lowest BCUT2D eigenvalue weighted by Gasteiger charge is -2.17. The lowest BCUT2D eigenvalue weighted by atomic mass is 10.1. The minimum atomic E-state index is -4.28. The van der Waals surface area contributed by atoms with Gasteiger partial charge in [-0.3, -0.25) is 28.6 Å². The number of hydrogen-bond acceptors (Lipinski definition) is 8. The van der Waals surface area contributed by atoms with Crippen molar-refractivity contribution in [3.8, 4) is 0 Å². The van der Waals surface area contributed by atoms with E-state index in [0.717, 1.165) is 30.5 Å². The number of aliphatic carboxylic acids is 2. The molecule has 0 radical (unpaired) electrons. The van der Waals surface area contributed by atoms with Gasteiger partial charge in [0.2, 0.25) is 0 Å². The second-order valence-corrected chi connectivity index (χ2v) is 11.1. The first-order valence-corrected chi connectivity index (χ1v) is 13.7. The van der Waals surface area contributed by atoms with Crippen molar-refractivity contribution in [2.24, 2.45) is 0 Å². The smallest absolute Gasteiger partial charge is 0.300 e. The summed E-state index contributed by atoms with van der Waals surface area (Å²) in [6.45, 7) is 2.04. The summed E-state index contributed by atoms with van der Waals surface area (Å²) in [4.78, 5) is 47.0. The van der Waals surface area contributed by atoms with Gasteiger partial charge in [0.1, 0.15) is 10.1 Å². The van der Waals surface area contributed by atoms with E-state index in [0.29, 0.717) is 16.8 Å². The molecule has 0 bridgehead atoms. The minimum absolute atomic E-state index is 0.110. The number of halogens is 1. The Bertz CT molecular complexity index is 1420. The largest absolute Gasteiger partial charge is 0.481 e. The lowest BCUT2D eigenvalue weighted by molar-refractivity contribution is -0.135. The third kappa shape index (κ3) is 8.95. The summed E-state index contributed by atoms with van der Waals surface area (Å²) in [5.74, 6) is -3.70. The fourth-order valence-electron chi connectivity index (χ4n) is 3.38. The van der Waals surface area contributed by atoms with Crippen LogP contribution in [0, 0.1) is 5.82 Å². The Balaban J connectivity index is 0.000000590. The van der Waals surface area contributed by atoms with E-state index in [9.17, 15) is 22.4 Å². The molecule has 0 unspecified atom stereocenters. The van der Waals surface area contributed by atoms with Crippen LogP contribution in [0.25, 0.3) is 5.57 Å². The van der Waals surface area contributed by atoms with Crippen LogP contribution in [0.1, 0.15) is 25.0 Å². The molecular weight excluding hydrogens is 575 g/mol. The van der Waals surface area contributed by atoms with Crippen LogP contribution in [0.2, 0.25) is 0 Å². The summed E-state index contributed by atoms with van der Waals surface area (Å²) < 4.78 is 44.5. The number of anilines is 1. The minimum Gasteiger partial charge on any atom is -0.481 e. The molecule has 2 amide bonds. The summed E-state index contributed by atoms with van der Waals surface area (Å²) in [7, 11) is -4.28. The Morgan fingerprint density at radius 1 is 0.949 bits per heavy atom. The van der Waals surface area contributed by atoms with Gasteiger partial charge in [-0.15, -0.1) is 0 Å². The van der Waals surface area contributed by atoms with Crippen molar-refractivity contribution in [3.63, 3.8) is 0 Å². The monoisotopic (exact) mass is 598 g/mol. The molecule has 2 aliphatic rings. The second kappa shape index (κ2) is 13.4. The molecule has 3 N–H and O–H groups in total. The molecule has 0 atom stereocenters. The van der Waals surface area contributed by atoms with Gasteiger partial charge >= 0.3 is 0 Å². The van der Waals surface area contributed by atoms with Crippen molar-refractivity contribution in [3.05, 3.63) is 70.4 Å². The van der Waals surface area contributed by atoms with Crippen molar-refractivity contribution in [2.75, 3.05) is 17.2 Å². The van der Waals surface area contributed by atoms with Crippen molar-refractivity contribution in [1.29, 1.82) is 0 Å². The number of carbonyl (C=O) groups is 4. The number of carboxylic acid groups (broad SMARTS) is 2. The highest BCUT2D eigenvalue weighted by Crippen LogP contribution is 2.44. The first-order chi connectivity index (χ1) is 18.1. The average Bonchev–Trinajstić information content (AvgIpc) is 3.24. The number of fused-ring (bicyclic) bond motifs is 1. The molecule has 0 spiro atoms. The molecule has 1 fully saturated rings. The molecule has 0 saturated carbocycles. The van der Waals surface area contributed by atoms with Crippen molar-refractivity contribution in [1.82, 2.24) is 4.90 Å². The number of rotatable bonds is 5. The van der Waals surface area contributed by atoms with Crippen molar-refractivity contribution < 1.29 is 46.8 Å². The number of thiocarbonyl (C=S) groups is 1. The SMILES string of the molecule is CC(=O)O.CC(=O)O.O=C1/C(=C2/C(=O)N(Cc3ccc(F)cc3)c3ccccc32)SC(=S)N1CCS(=O)(=O)O. The van der Waals surface area contributed by atoms with Crippen LogP contribution in [0.3, 0.4) is 0 Å². The van der Waals surface area contributed by atoms with E-state index < -0.39 is 39.6 Å². The predicted octanol–water partition coefficient (Wildman–Crippen LogP) is 3.01. The first kappa shape index (κ1) is 31.6. The molecule has 208 valence electrons. The van der Waals surface area contributed by atoms with Gasteiger partial charge in [0.25, 0.3) is 33.9 Å². The maximum atomic E-state index is 13.3. The number of para-hydroxylation sites is 1. The van der Waals surface area contributed by atoms with Gasteiger partial charge in [-0.05, 0) is 23.8 Å². The Morgan fingerprint density at radius 3 is 2.03 bits per heavy atom. The van der Waals surface area contributed by atoms with Crippen LogP contribution in [0.4, 0.5) is 10.1 Å². The number of benzene rings is 2. The summed E-state index contributed by atoms with van der Waals surface area (Å²) in [5.41, 5.74) is 2.07. The molecule has 39 heavy (non-hydrogen) atoms. The molecule has 0 aromatic heterocycles. The summed E-state index contributed by atoms with van der Waals surface area (Å²) >= 11 is 6.12. The standard InChI is InChI=1S/C20H15FN2O5S3.2C2H4O2/c21-13-7-5-12(6-8-13)11-23-15-4-2-1-3-14(15)16(18(23)24)17-19(25)22(20(29)30-17)9-10-31(26,27)28;2*1-2(3)4/h1-8H,9-11H2,(H,26,27,28);2*1H3,(H,3,4)/b17-16-;;. The van der Waals surface area contributed by atoms with Crippen LogP contribution in [0.15, 0.2) is 53.4 Å². The number of nitrogens with zero attached hydrogens (tertiary/aromatic N) is 2. The summed E-state index contributed by atoms with van der Waals surface area (Å²) in [6, 6.07) is 12.8. The molecule has 15 heteroatoms. The fourth-order valence-corrected chi connectivity index (χ4v) is 5.17. The quantitative estimate of drug-likeness (QED) is 0.263. The number of amides is 2. The Morgan fingerprint density at radius 2 is 1.49 bits per heavy atom. The van der Waals surface area contributed by atoms with E-state index in [1.807, 2.05) is 0 Å². The number of carbonyl (C=O) groups excluding carboxylic acids is 2. The number of hydrogen-bond donors (Lipinski definition) is 3. The Hall–Kier alpha value is -3.66. The van der Waals surface area contributed by atoms with E-state index in [1.54, 1.807) is 36.4 Å². The number of thioether (sulfide) groups is 1. The molecule has 0 aliphatic carbocycles. The van der Waals surface area contributed by atoms with Crippen molar-refractivity contribution in [2.45, 2.75) is 20.4 Å². The van der Waals surface area contributed by atoms with E-state index in [4.69, 9.17) is 36.6 Å². The third-order valence-corrected chi connectivity index (χ3v) is 6.97. The van der Waals surface area contributed by atoms with E-state index >= 15 is 0 Å². The van der Waals surface area contributed by atoms with Crippen LogP contribution < -0.4 is 4.90 Å². The van der Waals surface area contributed by atoms with Crippen LogP contribution in [0.5, 0.6) is 0 Å². The fraction of sp³-hybridized carbons (Fsp3) is 0.208. The van der Waals surface area contributed by atoms with Gasteiger partial charge in [-0.1, -0.05) is 54.3 Å². The molecule has 2 aliphatic heterocycles. The first-order valence-electron chi connectivity index (χ1n) is 10.9. The van der Waals surface area contributed by atoms with Crippen LogP contribution >= 0.6 is 24.0 Å². The second-order valence-electron chi connectivity index (χ2n) is 7.89. The number of carboxylic acids is 2. The van der Waals surface area contributed by atoms with Gasteiger partial charge in [0, 0.05) is 26.0 Å². The van der Waals surface area contributed by atoms with Crippen molar-refractivity contribution >= 4 is 73.4 Å². The highest BCUT2D eigenvalue weighted by atomic mass is 32.2. The third-order valence-electron chi connectivity index (χ3n) is 4.83. The normalized spacial score (nSPS) is 16.3. The molecule has 1 saturated heterocycles. The topological polar surface area (TPSA) is 170 Å². The molecule has 2 aromatic carbocycles. The molecule has 4 rings (SSSR count). The van der Waals surface area contributed by atoms with Crippen LogP contribution in [-0.2, 0) is 35.8 Å². The Kier molecular flexibility index (Phi) is 10.9. The van der Waals surface area contributed by atoms with E-state index in [2.05, 4.69) is 0 Å². The molecule has 2 aromatic rings. The zero-order valence-electron chi connectivity index (χ0n) is 20.5. The van der Waals surface area contributed by atoms with E-state index in [-0.39, 0.29) is 33.7 Å². The summed E-state index contributed by atoms with van der Waals surface area (Å²) in [6.07, 6.45) is 0. The Labute approximate surface area is 232 Å². The van der Waals surface area contributed by atoms with Gasteiger partial charge in [-0.2, -0.15) is 8.42 Å². The molecule has 11 nitrogen and oxygen atoms in total. The zero-order valence-corrected chi connectivity index (χ0v) is 23.0. The van der Waals surface area contributed by atoms with Gasteiger partial charge in [0.15, 0.2) is 0 Å². The maximum Gasteiger partial charge on any atom is 0.300 e. The predicted molar refractivity (Wildman–Crippen MR) is 146 cm³/mol. The summed E-state index contributed by atoms with van der Waals surface area (Å²) in [5, 5.41) is 14.8. The van der Waals surface area contributed by atoms with Crippen LogP contribution in [-0.4, -0.2) is 68.5 Å². The van der Waals surface area contributed by atoms with Gasteiger partial charge in [0.05, 0.1) is 28.5 Å². The lowest BCUT2D eigenvalue weighted by Crippen LogP contribution is -2.33.